The Morgan fingerprint density at radius 1 is 1.35 bits per heavy atom. The Kier molecular flexibility index (Phi) is 2.93. The van der Waals surface area contributed by atoms with Crippen molar-refractivity contribution in [3.63, 3.8) is 0 Å². The predicted molar refractivity (Wildman–Crippen MR) is 71.1 cm³/mol. The predicted octanol–water partition coefficient (Wildman–Crippen LogP) is 2.14. The van der Waals surface area contributed by atoms with Gasteiger partial charge in [0.15, 0.2) is 0 Å². The molecule has 2 nitrogen and oxygen atoms in total. The SMILES string of the molecule is CC1CC(N)CCN1CC1Cc2ccccc21. The molecule has 0 spiro atoms. The average Bonchev–Trinajstić information content (AvgIpc) is 2.28. The lowest BCUT2D eigenvalue weighted by molar-refractivity contribution is 0.135. The Bertz CT molecular complexity index is 402. The number of hydrogen-bond acceptors (Lipinski definition) is 2. The van der Waals surface area contributed by atoms with Gasteiger partial charge in [0.25, 0.3) is 0 Å². The molecule has 0 aromatic heterocycles. The summed E-state index contributed by atoms with van der Waals surface area (Å²) in [6.07, 6.45) is 3.60. The van der Waals surface area contributed by atoms with Gasteiger partial charge >= 0.3 is 0 Å². The number of fused-ring (bicyclic) bond motifs is 1. The number of nitrogens with two attached hydrogens (primary N) is 1. The molecule has 1 aromatic carbocycles. The normalized spacial score (nSPS) is 32.9. The number of piperidine rings is 1. The molecule has 1 aromatic rings. The third kappa shape index (κ3) is 2.12. The lowest BCUT2D eigenvalue weighted by Crippen LogP contribution is -2.47. The molecule has 17 heavy (non-hydrogen) atoms. The summed E-state index contributed by atoms with van der Waals surface area (Å²) in [6, 6.07) is 9.96. The molecule has 1 heterocycles. The van der Waals surface area contributed by atoms with E-state index in [0.717, 1.165) is 12.3 Å². The molecule has 0 amide bonds. The molecule has 2 N–H and O–H groups in total. The van der Waals surface area contributed by atoms with E-state index in [9.17, 15) is 0 Å². The monoisotopic (exact) mass is 230 g/mol. The van der Waals surface area contributed by atoms with Crippen molar-refractivity contribution >= 4 is 0 Å². The third-order valence-corrected chi connectivity index (χ3v) is 4.47. The zero-order chi connectivity index (χ0) is 11.8. The lowest BCUT2D eigenvalue weighted by Gasteiger charge is -2.41. The summed E-state index contributed by atoms with van der Waals surface area (Å²) in [7, 11) is 0. The van der Waals surface area contributed by atoms with Gasteiger partial charge in [-0.15, -0.1) is 0 Å². The first kappa shape index (κ1) is 11.2. The quantitative estimate of drug-likeness (QED) is 0.843. The molecule has 1 saturated heterocycles. The Balaban J connectivity index is 1.62. The van der Waals surface area contributed by atoms with E-state index in [1.165, 1.54) is 25.9 Å². The van der Waals surface area contributed by atoms with E-state index in [1.54, 1.807) is 11.1 Å². The van der Waals surface area contributed by atoms with E-state index in [0.29, 0.717) is 12.1 Å². The zero-order valence-corrected chi connectivity index (χ0v) is 10.6. The molecule has 92 valence electrons. The minimum atomic E-state index is 0.426. The van der Waals surface area contributed by atoms with Crippen LogP contribution in [0.4, 0.5) is 0 Å². The van der Waals surface area contributed by atoms with Crippen LogP contribution in [0.5, 0.6) is 0 Å². The van der Waals surface area contributed by atoms with Crippen molar-refractivity contribution in [3.8, 4) is 0 Å². The van der Waals surface area contributed by atoms with Crippen LogP contribution in [0.2, 0.25) is 0 Å². The smallest absolute Gasteiger partial charge is 0.00819 e. The fourth-order valence-corrected chi connectivity index (χ4v) is 3.34. The maximum absolute atomic E-state index is 6.01. The fourth-order valence-electron chi connectivity index (χ4n) is 3.34. The Morgan fingerprint density at radius 2 is 2.18 bits per heavy atom. The van der Waals surface area contributed by atoms with Crippen LogP contribution < -0.4 is 5.73 Å². The first-order valence-corrected chi connectivity index (χ1v) is 6.81. The van der Waals surface area contributed by atoms with Crippen LogP contribution in [-0.4, -0.2) is 30.1 Å². The summed E-state index contributed by atoms with van der Waals surface area (Å²) in [4.78, 5) is 2.63. The maximum Gasteiger partial charge on any atom is 0.00819 e. The van der Waals surface area contributed by atoms with Gasteiger partial charge in [-0.2, -0.15) is 0 Å². The Hall–Kier alpha value is -0.860. The van der Waals surface area contributed by atoms with Crippen LogP contribution >= 0.6 is 0 Å². The van der Waals surface area contributed by atoms with Crippen LogP contribution in [-0.2, 0) is 6.42 Å². The molecule has 3 rings (SSSR count). The number of rotatable bonds is 2. The molecular formula is C15H22N2. The molecular weight excluding hydrogens is 208 g/mol. The van der Waals surface area contributed by atoms with Crippen molar-refractivity contribution in [2.45, 2.75) is 44.2 Å². The van der Waals surface area contributed by atoms with Gasteiger partial charge in [0, 0.05) is 24.5 Å². The van der Waals surface area contributed by atoms with Crippen molar-refractivity contribution < 1.29 is 0 Å². The molecule has 2 heteroatoms. The van der Waals surface area contributed by atoms with Crippen molar-refractivity contribution in [3.05, 3.63) is 35.4 Å². The second-order valence-corrected chi connectivity index (χ2v) is 5.73. The van der Waals surface area contributed by atoms with Gasteiger partial charge in [-0.3, -0.25) is 4.90 Å². The number of nitrogens with zero attached hydrogens (tertiary/aromatic N) is 1. The van der Waals surface area contributed by atoms with E-state index in [-0.39, 0.29) is 0 Å². The van der Waals surface area contributed by atoms with E-state index in [4.69, 9.17) is 5.73 Å². The zero-order valence-electron chi connectivity index (χ0n) is 10.6. The van der Waals surface area contributed by atoms with Crippen molar-refractivity contribution in [2.24, 2.45) is 5.73 Å². The second kappa shape index (κ2) is 4.43. The summed E-state index contributed by atoms with van der Waals surface area (Å²) < 4.78 is 0. The van der Waals surface area contributed by atoms with Crippen LogP contribution in [0, 0.1) is 0 Å². The summed E-state index contributed by atoms with van der Waals surface area (Å²) in [5.74, 6) is 0.767. The summed E-state index contributed by atoms with van der Waals surface area (Å²) in [5, 5.41) is 0. The van der Waals surface area contributed by atoms with Crippen LogP contribution in [0.1, 0.15) is 36.8 Å². The van der Waals surface area contributed by atoms with E-state index < -0.39 is 0 Å². The highest BCUT2D eigenvalue weighted by atomic mass is 15.2. The molecule has 2 aliphatic rings. The van der Waals surface area contributed by atoms with Gasteiger partial charge in [-0.05, 0) is 43.9 Å². The number of likely N-dealkylation sites (tertiary alicyclic amines) is 1. The summed E-state index contributed by atoms with van der Waals surface area (Å²) in [5.41, 5.74) is 9.15. The molecule has 3 unspecified atom stereocenters. The van der Waals surface area contributed by atoms with E-state index in [1.807, 2.05) is 0 Å². The molecule has 0 radical (unpaired) electrons. The average molecular weight is 230 g/mol. The molecule has 0 saturated carbocycles. The van der Waals surface area contributed by atoms with Crippen molar-refractivity contribution in [1.29, 1.82) is 0 Å². The standard InChI is InChI=1S/C15H22N2/c1-11-8-14(16)6-7-17(11)10-13-9-12-4-2-3-5-15(12)13/h2-5,11,13-14H,6-10,16H2,1H3. The van der Waals surface area contributed by atoms with Gasteiger partial charge in [0.1, 0.15) is 0 Å². The largest absolute Gasteiger partial charge is 0.328 e. The van der Waals surface area contributed by atoms with Gasteiger partial charge in [0.2, 0.25) is 0 Å². The van der Waals surface area contributed by atoms with Gasteiger partial charge in [-0.25, -0.2) is 0 Å². The minimum absolute atomic E-state index is 0.426. The van der Waals surface area contributed by atoms with Crippen molar-refractivity contribution in [2.75, 3.05) is 13.1 Å². The molecule has 0 bridgehead atoms. The summed E-state index contributed by atoms with van der Waals surface area (Å²) in [6.45, 7) is 4.73. The fraction of sp³-hybridized carbons (Fsp3) is 0.600. The van der Waals surface area contributed by atoms with E-state index in [2.05, 4.69) is 36.1 Å². The topological polar surface area (TPSA) is 29.3 Å². The van der Waals surface area contributed by atoms with Crippen molar-refractivity contribution in [1.82, 2.24) is 4.90 Å². The second-order valence-electron chi connectivity index (χ2n) is 5.73. The molecule has 1 aliphatic carbocycles. The van der Waals surface area contributed by atoms with Gasteiger partial charge in [-0.1, -0.05) is 24.3 Å². The first-order valence-electron chi connectivity index (χ1n) is 6.81. The highest BCUT2D eigenvalue weighted by molar-refractivity contribution is 5.40. The minimum Gasteiger partial charge on any atom is -0.328 e. The summed E-state index contributed by atoms with van der Waals surface area (Å²) >= 11 is 0. The van der Waals surface area contributed by atoms with Gasteiger partial charge < -0.3 is 5.73 Å². The number of benzene rings is 1. The molecule has 3 atom stereocenters. The molecule has 1 aliphatic heterocycles. The Labute approximate surface area is 104 Å². The van der Waals surface area contributed by atoms with E-state index >= 15 is 0 Å². The maximum atomic E-state index is 6.01. The lowest BCUT2D eigenvalue weighted by atomic mass is 9.77. The number of hydrogen-bond donors (Lipinski definition) is 1. The van der Waals surface area contributed by atoms with Gasteiger partial charge in [0.05, 0.1) is 0 Å². The highest BCUT2D eigenvalue weighted by Crippen LogP contribution is 2.36. The molecule has 1 fully saturated rings. The Morgan fingerprint density at radius 3 is 2.94 bits per heavy atom. The third-order valence-electron chi connectivity index (χ3n) is 4.47. The van der Waals surface area contributed by atoms with Crippen LogP contribution in [0.3, 0.4) is 0 Å². The van der Waals surface area contributed by atoms with Crippen LogP contribution in [0.15, 0.2) is 24.3 Å². The van der Waals surface area contributed by atoms with Crippen LogP contribution in [0.25, 0.3) is 0 Å². The first-order chi connectivity index (χ1) is 8.24. The highest BCUT2D eigenvalue weighted by Gasteiger charge is 2.30.